The maximum Gasteiger partial charge on any atom is 0.123 e. The standard InChI is InChI=1S/C16H24ClFN2O/c1-11(2)20-6-7-21-16(10-20)15(19-3)9-12-8-13(18)4-5-14(12)17/h4-5,8,11,15-16,19H,6-7,9-10H2,1-3H3. The Morgan fingerprint density at radius 1 is 1.48 bits per heavy atom. The summed E-state index contributed by atoms with van der Waals surface area (Å²) in [7, 11) is 1.91. The highest BCUT2D eigenvalue weighted by Crippen LogP contribution is 2.21. The topological polar surface area (TPSA) is 24.5 Å². The Morgan fingerprint density at radius 2 is 2.24 bits per heavy atom. The Morgan fingerprint density at radius 3 is 2.90 bits per heavy atom. The molecule has 1 aromatic rings. The van der Waals surface area contributed by atoms with Crippen molar-refractivity contribution >= 4 is 11.6 Å². The van der Waals surface area contributed by atoms with E-state index in [2.05, 4.69) is 24.1 Å². The first-order valence-corrected chi connectivity index (χ1v) is 7.86. The summed E-state index contributed by atoms with van der Waals surface area (Å²) >= 11 is 6.17. The average Bonchev–Trinajstić information content (AvgIpc) is 2.48. The van der Waals surface area contributed by atoms with Gasteiger partial charge in [-0.2, -0.15) is 0 Å². The van der Waals surface area contributed by atoms with Crippen molar-refractivity contribution in [1.82, 2.24) is 10.2 Å². The van der Waals surface area contributed by atoms with Gasteiger partial charge >= 0.3 is 0 Å². The molecular weight excluding hydrogens is 291 g/mol. The van der Waals surface area contributed by atoms with Crippen LogP contribution in [0.3, 0.4) is 0 Å². The van der Waals surface area contributed by atoms with Gasteiger partial charge in [0.2, 0.25) is 0 Å². The molecule has 2 atom stereocenters. The summed E-state index contributed by atoms with van der Waals surface area (Å²) in [5.41, 5.74) is 0.821. The molecule has 1 N–H and O–H groups in total. The summed E-state index contributed by atoms with van der Waals surface area (Å²) in [5, 5.41) is 3.90. The van der Waals surface area contributed by atoms with E-state index in [1.807, 2.05) is 7.05 Å². The van der Waals surface area contributed by atoms with Crippen LogP contribution in [0.5, 0.6) is 0 Å². The Bertz CT molecular complexity index is 470. The molecular formula is C16H24ClFN2O. The van der Waals surface area contributed by atoms with E-state index >= 15 is 0 Å². The largest absolute Gasteiger partial charge is 0.374 e. The lowest BCUT2D eigenvalue weighted by molar-refractivity contribution is -0.0541. The zero-order valence-electron chi connectivity index (χ0n) is 12.9. The molecule has 3 nitrogen and oxygen atoms in total. The first kappa shape index (κ1) is 16.7. The Balaban J connectivity index is 2.07. The highest BCUT2D eigenvalue weighted by atomic mass is 35.5. The highest BCUT2D eigenvalue weighted by Gasteiger charge is 2.28. The third-order valence-electron chi connectivity index (χ3n) is 4.12. The van der Waals surface area contributed by atoms with E-state index in [0.717, 1.165) is 25.3 Å². The van der Waals surface area contributed by atoms with Gasteiger partial charge in [0.15, 0.2) is 0 Å². The summed E-state index contributed by atoms with van der Waals surface area (Å²) in [6.07, 6.45) is 0.745. The molecule has 1 fully saturated rings. The molecule has 0 amide bonds. The monoisotopic (exact) mass is 314 g/mol. The van der Waals surface area contributed by atoms with Crippen molar-refractivity contribution in [2.45, 2.75) is 38.5 Å². The maximum absolute atomic E-state index is 13.4. The number of benzene rings is 1. The van der Waals surface area contributed by atoms with Gasteiger partial charge in [-0.05, 0) is 51.1 Å². The summed E-state index contributed by atoms with van der Waals surface area (Å²) in [5.74, 6) is -0.252. The Kier molecular flexibility index (Phi) is 5.99. The van der Waals surface area contributed by atoms with E-state index in [0.29, 0.717) is 17.5 Å². The van der Waals surface area contributed by atoms with Crippen LogP contribution in [0.4, 0.5) is 4.39 Å². The molecule has 1 aliphatic rings. The molecule has 1 heterocycles. The highest BCUT2D eigenvalue weighted by molar-refractivity contribution is 6.31. The number of likely N-dealkylation sites (N-methyl/N-ethyl adjacent to an activating group) is 1. The smallest absolute Gasteiger partial charge is 0.123 e. The van der Waals surface area contributed by atoms with E-state index < -0.39 is 0 Å². The van der Waals surface area contributed by atoms with Crippen molar-refractivity contribution in [3.63, 3.8) is 0 Å². The van der Waals surface area contributed by atoms with Crippen LogP contribution in [0.25, 0.3) is 0 Å². The Labute approximate surface area is 131 Å². The lowest BCUT2D eigenvalue weighted by atomic mass is 9.99. The molecule has 21 heavy (non-hydrogen) atoms. The molecule has 1 aliphatic heterocycles. The van der Waals surface area contributed by atoms with Gasteiger partial charge in [-0.25, -0.2) is 4.39 Å². The van der Waals surface area contributed by atoms with E-state index in [4.69, 9.17) is 16.3 Å². The summed E-state index contributed by atoms with van der Waals surface area (Å²) in [4.78, 5) is 2.41. The van der Waals surface area contributed by atoms with Crippen LogP contribution in [0.2, 0.25) is 5.02 Å². The zero-order chi connectivity index (χ0) is 15.4. The van der Waals surface area contributed by atoms with Gasteiger partial charge in [0.1, 0.15) is 5.82 Å². The number of rotatable bonds is 5. The second-order valence-electron chi connectivity index (χ2n) is 5.83. The van der Waals surface area contributed by atoms with Crippen LogP contribution in [0, 0.1) is 5.82 Å². The predicted octanol–water partition coefficient (Wildman–Crippen LogP) is 2.72. The number of morpholine rings is 1. The van der Waals surface area contributed by atoms with E-state index in [-0.39, 0.29) is 18.0 Å². The molecule has 0 spiro atoms. The number of halogens is 2. The first-order chi connectivity index (χ1) is 10.0. The molecule has 0 bridgehead atoms. The SMILES string of the molecule is CNC(Cc1cc(F)ccc1Cl)C1CN(C(C)C)CCO1. The number of hydrogen-bond acceptors (Lipinski definition) is 3. The fourth-order valence-corrected chi connectivity index (χ4v) is 2.96. The van der Waals surface area contributed by atoms with Crippen molar-refractivity contribution in [2.24, 2.45) is 0 Å². The number of nitrogens with zero attached hydrogens (tertiary/aromatic N) is 1. The van der Waals surface area contributed by atoms with Crippen LogP contribution in [0.1, 0.15) is 19.4 Å². The van der Waals surface area contributed by atoms with Crippen LogP contribution in [-0.2, 0) is 11.2 Å². The normalized spacial score (nSPS) is 21.7. The molecule has 1 aromatic carbocycles. The summed E-state index contributed by atoms with van der Waals surface area (Å²) < 4.78 is 19.3. The van der Waals surface area contributed by atoms with Crippen molar-refractivity contribution in [1.29, 1.82) is 0 Å². The van der Waals surface area contributed by atoms with Gasteiger partial charge in [-0.15, -0.1) is 0 Å². The van der Waals surface area contributed by atoms with Crippen molar-refractivity contribution in [2.75, 3.05) is 26.7 Å². The van der Waals surface area contributed by atoms with E-state index in [9.17, 15) is 4.39 Å². The number of ether oxygens (including phenoxy) is 1. The van der Waals surface area contributed by atoms with E-state index in [1.165, 1.54) is 12.1 Å². The average molecular weight is 315 g/mol. The molecule has 0 aromatic heterocycles. The van der Waals surface area contributed by atoms with Gasteiger partial charge in [0.25, 0.3) is 0 Å². The van der Waals surface area contributed by atoms with Gasteiger partial charge in [0, 0.05) is 30.2 Å². The Hall–Kier alpha value is -0.680. The van der Waals surface area contributed by atoms with Crippen LogP contribution < -0.4 is 5.32 Å². The van der Waals surface area contributed by atoms with Gasteiger partial charge in [0.05, 0.1) is 12.7 Å². The third kappa shape index (κ3) is 4.39. The summed E-state index contributed by atoms with van der Waals surface area (Å²) in [6, 6.07) is 5.13. The molecule has 0 saturated carbocycles. The van der Waals surface area contributed by atoms with Crippen LogP contribution >= 0.6 is 11.6 Å². The zero-order valence-corrected chi connectivity index (χ0v) is 13.7. The summed E-state index contributed by atoms with van der Waals surface area (Å²) in [6.45, 7) is 6.97. The minimum Gasteiger partial charge on any atom is -0.374 e. The fourth-order valence-electron chi connectivity index (χ4n) is 2.76. The number of nitrogens with one attached hydrogen (secondary N) is 1. The molecule has 0 radical (unpaired) electrons. The molecule has 118 valence electrons. The van der Waals surface area contributed by atoms with Crippen LogP contribution in [0.15, 0.2) is 18.2 Å². The minimum atomic E-state index is -0.252. The van der Waals surface area contributed by atoms with Crippen LogP contribution in [-0.4, -0.2) is 49.8 Å². The van der Waals surface area contributed by atoms with Crippen molar-refractivity contribution in [3.05, 3.63) is 34.6 Å². The predicted molar refractivity (Wildman–Crippen MR) is 84.4 cm³/mol. The maximum atomic E-state index is 13.4. The lowest BCUT2D eigenvalue weighted by Crippen LogP contribution is -2.53. The van der Waals surface area contributed by atoms with Gasteiger partial charge < -0.3 is 10.1 Å². The fraction of sp³-hybridized carbons (Fsp3) is 0.625. The molecule has 5 heteroatoms. The van der Waals surface area contributed by atoms with Crippen molar-refractivity contribution < 1.29 is 9.13 Å². The second kappa shape index (κ2) is 7.54. The van der Waals surface area contributed by atoms with Crippen molar-refractivity contribution in [3.8, 4) is 0 Å². The number of hydrogen-bond donors (Lipinski definition) is 1. The van der Waals surface area contributed by atoms with E-state index in [1.54, 1.807) is 6.07 Å². The third-order valence-corrected chi connectivity index (χ3v) is 4.49. The second-order valence-corrected chi connectivity index (χ2v) is 6.24. The lowest BCUT2D eigenvalue weighted by Gasteiger charge is -2.39. The quantitative estimate of drug-likeness (QED) is 0.904. The first-order valence-electron chi connectivity index (χ1n) is 7.48. The molecule has 2 rings (SSSR count). The molecule has 0 aliphatic carbocycles. The molecule has 1 saturated heterocycles. The minimum absolute atomic E-state index is 0.0884. The van der Waals surface area contributed by atoms with Gasteiger partial charge in [-0.3, -0.25) is 4.90 Å². The molecule has 2 unspecified atom stereocenters. The van der Waals surface area contributed by atoms with Gasteiger partial charge in [-0.1, -0.05) is 11.6 Å².